The molecule has 0 bridgehead atoms. The van der Waals surface area contributed by atoms with E-state index in [9.17, 15) is 4.79 Å². The molecule has 1 saturated heterocycles. The van der Waals surface area contributed by atoms with Crippen LogP contribution in [0.5, 0.6) is 5.75 Å². The molecule has 1 amide bonds. The van der Waals surface area contributed by atoms with Crippen molar-refractivity contribution in [2.45, 2.75) is 56.6 Å². The van der Waals surface area contributed by atoms with Crippen molar-refractivity contribution in [2.24, 2.45) is 5.92 Å². The first-order chi connectivity index (χ1) is 11.3. The van der Waals surface area contributed by atoms with Gasteiger partial charge in [0, 0.05) is 18.6 Å². The fourth-order valence-electron chi connectivity index (χ4n) is 4.28. The van der Waals surface area contributed by atoms with Crippen LogP contribution in [-0.4, -0.2) is 24.7 Å². The van der Waals surface area contributed by atoms with Crippen molar-refractivity contribution in [1.82, 2.24) is 5.32 Å². The fraction of sp³-hybridized carbons (Fsp3) is 0.632. The third-order valence-corrected chi connectivity index (χ3v) is 5.58. The molecule has 2 heterocycles. The zero-order valence-electron chi connectivity index (χ0n) is 13.6. The Morgan fingerprint density at radius 1 is 1.17 bits per heavy atom. The monoisotopic (exact) mass is 315 g/mol. The van der Waals surface area contributed by atoms with Gasteiger partial charge in [0.1, 0.15) is 11.4 Å². The number of carbonyl (C=O) groups is 1. The molecule has 124 valence electrons. The number of nitrogens with one attached hydrogen (secondary N) is 1. The van der Waals surface area contributed by atoms with E-state index in [0.29, 0.717) is 13.2 Å². The molecular formula is C19H25NO3. The topological polar surface area (TPSA) is 47.6 Å². The van der Waals surface area contributed by atoms with Crippen LogP contribution in [0.4, 0.5) is 0 Å². The number of hydrogen-bond donors (Lipinski definition) is 1. The van der Waals surface area contributed by atoms with Gasteiger partial charge in [0.15, 0.2) is 0 Å². The van der Waals surface area contributed by atoms with Crippen LogP contribution >= 0.6 is 0 Å². The predicted molar refractivity (Wildman–Crippen MR) is 87.3 cm³/mol. The third kappa shape index (κ3) is 2.97. The quantitative estimate of drug-likeness (QED) is 0.910. The number of amides is 1. The molecule has 1 aliphatic carbocycles. The van der Waals surface area contributed by atoms with Gasteiger partial charge in [-0.1, -0.05) is 24.6 Å². The fourth-order valence-corrected chi connectivity index (χ4v) is 4.28. The summed E-state index contributed by atoms with van der Waals surface area (Å²) in [6.07, 6.45) is 7.66. The number of fused-ring (bicyclic) bond motifs is 1. The molecule has 1 aromatic carbocycles. The van der Waals surface area contributed by atoms with Gasteiger partial charge in [-0.05, 0) is 38.2 Å². The van der Waals surface area contributed by atoms with E-state index in [-0.39, 0.29) is 23.5 Å². The first-order valence-corrected chi connectivity index (χ1v) is 8.92. The lowest BCUT2D eigenvalue weighted by Crippen LogP contribution is -2.47. The Morgan fingerprint density at radius 2 is 2.00 bits per heavy atom. The number of hydrogen-bond acceptors (Lipinski definition) is 3. The summed E-state index contributed by atoms with van der Waals surface area (Å²) >= 11 is 0. The van der Waals surface area contributed by atoms with E-state index < -0.39 is 0 Å². The Hall–Kier alpha value is -1.55. The predicted octanol–water partition coefficient (Wildman–Crippen LogP) is 3.37. The number of benzene rings is 1. The van der Waals surface area contributed by atoms with E-state index in [1.54, 1.807) is 0 Å². The third-order valence-electron chi connectivity index (χ3n) is 5.58. The van der Waals surface area contributed by atoms with Crippen LogP contribution in [0, 0.1) is 5.92 Å². The SMILES string of the molecule is O=C(N[C@@H]1CC2(CCCCC2)Oc2ccccc21)[C@@H]1CCOC1. The summed E-state index contributed by atoms with van der Waals surface area (Å²) in [5.74, 6) is 1.09. The van der Waals surface area contributed by atoms with Gasteiger partial charge in [0.25, 0.3) is 0 Å². The molecule has 1 saturated carbocycles. The second kappa shape index (κ2) is 6.16. The van der Waals surface area contributed by atoms with Gasteiger partial charge >= 0.3 is 0 Å². The zero-order valence-corrected chi connectivity index (χ0v) is 13.6. The number of para-hydroxylation sites is 1. The van der Waals surface area contributed by atoms with Gasteiger partial charge in [-0.2, -0.15) is 0 Å². The molecule has 3 aliphatic rings. The molecule has 23 heavy (non-hydrogen) atoms. The summed E-state index contributed by atoms with van der Waals surface area (Å²) in [7, 11) is 0. The Morgan fingerprint density at radius 3 is 2.78 bits per heavy atom. The number of carbonyl (C=O) groups excluding carboxylic acids is 1. The summed E-state index contributed by atoms with van der Waals surface area (Å²) in [4.78, 5) is 12.6. The molecule has 0 radical (unpaired) electrons. The molecule has 0 unspecified atom stereocenters. The lowest BCUT2D eigenvalue weighted by molar-refractivity contribution is -0.126. The van der Waals surface area contributed by atoms with E-state index in [1.165, 1.54) is 19.3 Å². The first-order valence-electron chi connectivity index (χ1n) is 8.92. The highest BCUT2D eigenvalue weighted by Crippen LogP contribution is 2.46. The van der Waals surface area contributed by atoms with E-state index >= 15 is 0 Å². The maximum atomic E-state index is 12.6. The van der Waals surface area contributed by atoms with E-state index in [0.717, 1.165) is 37.0 Å². The Kier molecular flexibility index (Phi) is 4.02. The Balaban J connectivity index is 1.57. The lowest BCUT2D eigenvalue weighted by atomic mass is 9.77. The van der Waals surface area contributed by atoms with Crippen LogP contribution in [0.15, 0.2) is 24.3 Å². The van der Waals surface area contributed by atoms with Gasteiger partial charge < -0.3 is 14.8 Å². The average molecular weight is 315 g/mol. The van der Waals surface area contributed by atoms with Crippen molar-refractivity contribution in [2.75, 3.05) is 13.2 Å². The van der Waals surface area contributed by atoms with Crippen LogP contribution in [0.3, 0.4) is 0 Å². The molecule has 2 aliphatic heterocycles. The van der Waals surface area contributed by atoms with Crippen molar-refractivity contribution in [1.29, 1.82) is 0 Å². The van der Waals surface area contributed by atoms with Gasteiger partial charge in [-0.25, -0.2) is 0 Å². The normalized spacial score (nSPS) is 28.9. The molecule has 4 nitrogen and oxygen atoms in total. The van der Waals surface area contributed by atoms with Crippen LogP contribution in [-0.2, 0) is 9.53 Å². The molecular weight excluding hydrogens is 290 g/mol. The van der Waals surface area contributed by atoms with Crippen molar-refractivity contribution in [3.05, 3.63) is 29.8 Å². The minimum atomic E-state index is -0.0866. The molecule has 1 N–H and O–H groups in total. The highest BCUT2D eigenvalue weighted by molar-refractivity contribution is 5.79. The largest absolute Gasteiger partial charge is 0.487 e. The molecule has 1 spiro atoms. The van der Waals surface area contributed by atoms with Crippen molar-refractivity contribution < 1.29 is 14.3 Å². The highest BCUT2D eigenvalue weighted by atomic mass is 16.5. The highest BCUT2D eigenvalue weighted by Gasteiger charge is 2.42. The number of ether oxygens (including phenoxy) is 2. The second-order valence-electron chi connectivity index (χ2n) is 7.21. The van der Waals surface area contributed by atoms with Gasteiger partial charge in [0.2, 0.25) is 5.91 Å². The van der Waals surface area contributed by atoms with Crippen LogP contribution < -0.4 is 10.1 Å². The standard InChI is InChI=1S/C19H25NO3/c21-18(14-8-11-22-13-14)20-16-12-19(9-4-1-5-10-19)23-17-7-3-2-6-15(16)17/h2-3,6-7,14,16H,1,4-5,8-13H2,(H,20,21)/t14-,16-/m1/s1. The van der Waals surface area contributed by atoms with Crippen molar-refractivity contribution in [3.8, 4) is 5.75 Å². The minimum Gasteiger partial charge on any atom is -0.487 e. The molecule has 4 rings (SSSR count). The Bertz CT molecular complexity index is 574. The minimum absolute atomic E-state index is 0.00677. The number of rotatable bonds is 2. The zero-order chi connectivity index (χ0) is 15.7. The first kappa shape index (κ1) is 15.0. The molecule has 2 fully saturated rings. The molecule has 1 aromatic rings. The maximum absolute atomic E-state index is 12.6. The van der Waals surface area contributed by atoms with Crippen LogP contribution in [0.25, 0.3) is 0 Å². The van der Waals surface area contributed by atoms with Crippen molar-refractivity contribution >= 4 is 5.91 Å². The Labute approximate surface area is 137 Å². The average Bonchev–Trinajstić information content (AvgIpc) is 3.10. The van der Waals surface area contributed by atoms with Gasteiger partial charge in [0.05, 0.1) is 18.6 Å². The summed E-state index contributed by atoms with van der Waals surface area (Å²) in [5, 5.41) is 3.29. The smallest absolute Gasteiger partial charge is 0.226 e. The summed E-state index contributed by atoms with van der Waals surface area (Å²) in [5.41, 5.74) is 1.03. The van der Waals surface area contributed by atoms with Crippen LogP contribution in [0.1, 0.15) is 56.6 Å². The van der Waals surface area contributed by atoms with Gasteiger partial charge in [-0.15, -0.1) is 0 Å². The molecule has 4 heteroatoms. The van der Waals surface area contributed by atoms with E-state index in [4.69, 9.17) is 9.47 Å². The summed E-state index contributed by atoms with van der Waals surface area (Å²) < 4.78 is 11.8. The molecule has 2 atom stereocenters. The van der Waals surface area contributed by atoms with Crippen molar-refractivity contribution in [3.63, 3.8) is 0 Å². The summed E-state index contributed by atoms with van der Waals surface area (Å²) in [6, 6.07) is 8.23. The van der Waals surface area contributed by atoms with E-state index in [1.807, 2.05) is 18.2 Å². The maximum Gasteiger partial charge on any atom is 0.226 e. The summed E-state index contributed by atoms with van der Waals surface area (Å²) in [6.45, 7) is 1.26. The molecule has 0 aromatic heterocycles. The van der Waals surface area contributed by atoms with E-state index in [2.05, 4.69) is 11.4 Å². The lowest BCUT2D eigenvalue weighted by Gasteiger charge is -2.44. The second-order valence-corrected chi connectivity index (χ2v) is 7.21. The van der Waals surface area contributed by atoms with Gasteiger partial charge in [-0.3, -0.25) is 4.79 Å². The van der Waals surface area contributed by atoms with Crippen LogP contribution in [0.2, 0.25) is 0 Å².